The molecule has 4 rings (SSSR count). The number of halogens is 1. The van der Waals surface area contributed by atoms with Crippen molar-refractivity contribution in [3.05, 3.63) is 40.4 Å². The smallest absolute Gasteiger partial charge is 0.199 e. The second-order valence-electron chi connectivity index (χ2n) is 6.37. The van der Waals surface area contributed by atoms with Crippen molar-refractivity contribution in [2.75, 3.05) is 20.6 Å². The van der Waals surface area contributed by atoms with Gasteiger partial charge in [0.15, 0.2) is 5.78 Å². The van der Waals surface area contributed by atoms with Crippen molar-refractivity contribution in [2.45, 2.75) is 6.54 Å². The Bertz CT molecular complexity index is 1040. The normalized spacial score (nSPS) is 12.9. The fraction of sp³-hybridized carbons (Fsp3) is 0.222. The summed E-state index contributed by atoms with van der Waals surface area (Å²) in [5, 5.41) is 26.0. The maximum absolute atomic E-state index is 13.0. The maximum Gasteiger partial charge on any atom is 0.199 e. The van der Waals surface area contributed by atoms with E-state index in [1.165, 1.54) is 12.1 Å². The Morgan fingerprint density at radius 1 is 1.08 bits per heavy atom. The van der Waals surface area contributed by atoms with Gasteiger partial charge in [0.05, 0.1) is 33.8 Å². The first kappa shape index (κ1) is 15.9. The molecule has 0 aliphatic heterocycles. The first-order valence-corrected chi connectivity index (χ1v) is 8.21. The minimum atomic E-state index is -0.404. The summed E-state index contributed by atoms with van der Waals surface area (Å²) in [4.78, 5) is 15.0. The number of aromatic nitrogens is 2. The lowest BCUT2D eigenvalue weighted by molar-refractivity contribution is 0.103. The third kappa shape index (κ3) is 2.22. The van der Waals surface area contributed by atoms with Crippen LogP contribution in [0.1, 0.15) is 15.9 Å². The fourth-order valence-electron chi connectivity index (χ4n) is 3.28. The molecule has 0 saturated heterocycles. The second-order valence-corrected chi connectivity index (χ2v) is 6.78. The van der Waals surface area contributed by atoms with E-state index >= 15 is 0 Å². The van der Waals surface area contributed by atoms with Gasteiger partial charge in [-0.15, -0.1) is 0 Å². The van der Waals surface area contributed by atoms with Gasteiger partial charge in [-0.2, -0.15) is 5.10 Å². The average molecular weight is 358 g/mol. The number of fused-ring (bicyclic) bond motifs is 2. The van der Waals surface area contributed by atoms with Crippen molar-refractivity contribution in [1.82, 2.24) is 14.7 Å². The van der Waals surface area contributed by atoms with Gasteiger partial charge in [-0.05, 0) is 38.4 Å². The Balaban J connectivity index is 2.09. The molecule has 1 aliphatic carbocycles. The van der Waals surface area contributed by atoms with Crippen LogP contribution in [0.5, 0.6) is 11.5 Å². The number of carbonyl (C=O) groups excluding carboxylic acids is 1. The van der Waals surface area contributed by atoms with Gasteiger partial charge in [0.1, 0.15) is 17.2 Å². The van der Waals surface area contributed by atoms with Gasteiger partial charge in [0.2, 0.25) is 0 Å². The standard InChI is InChI=1S/C18H16ClN3O3/c1-21(2)7-8-22-10-4-3-9(19)13-14(10)17(20-22)15-11(23)5-6-12(24)16(15)18(13)25/h3-6,23-24H,7-8H2,1-2H3. The zero-order chi connectivity index (χ0) is 17.9. The number of hydrogen-bond donors (Lipinski definition) is 2. The van der Waals surface area contributed by atoms with Crippen LogP contribution in [0.15, 0.2) is 24.3 Å². The third-order valence-electron chi connectivity index (χ3n) is 4.48. The maximum atomic E-state index is 13.0. The number of benzene rings is 2. The summed E-state index contributed by atoms with van der Waals surface area (Å²) >= 11 is 6.29. The first-order valence-electron chi connectivity index (χ1n) is 7.84. The molecule has 0 spiro atoms. The van der Waals surface area contributed by atoms with Crippen LogP contribution in [-0.2, 0) is 6.54 Å². The monoisotopic (exact) mass is 357 g/mol. The van der Waals surface area contributed by atoms with Gasteiger partial charge in [0.25, 0.3) is 0 Å². The summed E-state index contributed by atoms with van der Waals surface area (Å²) in [7, 11) is 3.94. The van der Waals surface area contributed by atoms with Gasteiger partial charge in [-0.1, -0.05) is 11.6 Å². The Kier molecular flexibility index (Phi) is 3.49. The average Bonchev–Trinajstić information content (AvgIpc) is 2.92. The molecule has 3 aromatic rings. The molecular weight excluding hydrogens is 342 g/mol. The highest BCUT2D eigenvalue weighted by atomic mass is 35.5. The lowest BCUT2D eigenvalue weighted by Crippen LogP contribution is -2.18. The molecule has 128 valence electrons. The van der Waals surface area contributed by atoms with Crippen molar-refractivity contribution in [2.24, 2.45) is 0 Å². The van der Waals surface area contributed by atoms with Crippen LogP contribution in [0, 0.1) is 0 Å². The van der Waals surface area contributed by atoms with Crippen LogP contribution < -0.4 is 0 Å². The van der Waals surface area contributed by atoms with Crippen LogP contribution in [0.25, 0.3) is 22.2 Å². The number of ketones is 1. The summed E-state index contributed by atoms with van der Waals surface area (Å²) in [6.07, 6.45) is 0. The Morgan fingerprint density at radius 3 is 2.44 bits per heavy atom. The Hall–Kier alpha value is -2.57. The molecule has 7 heteroatoms. The van der Waals surface area contributed by atoms with E-state index in [2.05, 4.69) is 5.10 Å². The second kappa shape index (κ2) is 5.47. The van der Waals surface area contributed by atoms with Crippen molar-refractivity contribution >= 4 is 28.3 Å². The number of likely N-dealkylation sites (N-methyl/N-ethyl adjacent to an activating group) is 1. The molecule has 0 radical (unpaired) electrons. The number of nitrogens with zero attached hydrogens (tertiary/aromatic N) is 3. The largest absolute Gasteiger partial charge is 0.507 e. The SMILES string of the molecule is CN(C)CCn1nc2c3c(c(Cl)ccc31)C(=O)c1c(O)ccc(O)c1-2. The van der Waals surface area contributed by atoms with Crippen LogP contribution in [0.2, 0.25) is 5.02 Å². The van der Waals surface area contributed by atoms with E-state index in [-0.39, 0.29) is 22.6 Å². The van der Waals surface area contributed by atoms with E-state index in [1.54, 1.807) is 10.7 Å². The number of hydrogen-bond acceptors (Lipinski definition) is 5. The van der Waals surface area contributed by atoms with Gasteiger partial charge in [0, 0.05) is 11.9 Å². The summed E-state index contributed by atoms with van der Waals surface area (Å²) in [5.41, 5.74) is 1.86. The van der Waals surface area contributed by atoms with Crippen LogP contribution >= 0.6 is 11.6 Å². The fourth-order valence-corrected chi connectivity index (χ4v) is 3.53. The van der Waals surface area contributed by atoms with E-state index in [0.29, 0.717) is 28.2 Å². The highest BCUT2D eigenvalue weighted by Crippen LogP contribution is 2.47. The predicted octanol–water partition coefficient (Wildman–Crippen LogP) is 2.87. The Labute approximate surface area is 148 Å². The van der Waals surface area contributed by atoms with E-state index in [9.17, 15) is 15.0 Å². The highest BCUT2D eigenvalue weighted by molar-refractivity contribution is 6.39. The van der Waals surface area contributed by atoms with E-state index in [1.807, 2.05) is 25.1 Å². The van der Waals surface area contributed by atoms with Crippen molar-refractivity contribution in [1.29, 1.82) is 0 Å². The molecule has 0 amide bonds. The number of carbonyl (C=O) groups is 1. The van der Waals surface area contributed by atoms with Crippen LogP contribution in [0.4, 0.5) is 0 Å². The molecule has 0 unspecified atom stereocenters. The Morgan fingerprint density at radius 2 is 1.76 bits per heavy atom. The predicted molar refractivity (Wildman–Crippen MR) is 95.5 cm³/mol. The summed E-state index contributed by atoms with van der Waals surface area (Å²) in [6.45, 7) is 1.38. The number of rotatable bonds is 3. The van der Waals surface area contributed by atoms with Crippen molar-refractivity contribution in [3.8, 4) is 22.8 Å². The van der Waals surface area contributed by atoms with Gasteiger partial charge < -0.3 is 15.1 Å². The highest BCUT2D eigenvalue weighted by Gasteiger charge is 2.34. The third-order valence-corrected chi connectivity index (χ3v) is 4.79. The molecular formula is C18H16ClN3O3. The van der Waals surface area contributed by atoms with Gasteiger partial charge in [-0.25, -0.2) is 0 Å². The molecule has 6 nitrogen and oxygen atoms in total. The summed E-state index contributed by atoms with van der Waals surface area (Å²) < 4.78 is 1.80. The molecule has 1 aromatic heterocycles. The van der Waals surface area contributed by atoms with Crippen LogP contribution in [0.3, 0.4) is 0 Å². The zero-order valence-electron chi connectivity index (χ0n) is 13.7. The summed E-state index contributed by atoms with van der Waals surface area (Å²) in [6, 6.07) is 6.15. The zero-order valence-corrected chi connectivity index (χ0v) is 14.5. The molecule has 0 bridgehead atoms. The van der Waals surface area contributed by atoms with E-state index in [0.717, 1.165) is 12.1 Å². The summed E-state index contributed by atoms with van der Waals surface area (Å²) in [5.74, 6) is -0.691. The molecule has 1 heterocycles. The lowest BCUT2D eigenvalue weighted by Gasteiger charge is -2.17. The molecule has 0 atom stereocenters. The molecule has 2 N–H and O–H groups in total. The van der Waals surface area contributed by atoms with Gasteiger partial charge >= 0.3 is 0 Å². The topological polar surface area (TPSA) is 78.6 Å². The quantitative estimate of drug-likeness (QED) is 0.551. The molecule has 0 saturated carbocycles. The van der Waals surface area contributed by atoms with Crippen LogP contribution in [-0.4, -0.2) is 51.3 Å². The van der Waals surface area contributed by atoms with Gasteiger partial charge in [-0.3, -0.25) is 9.48 Å². The molecule has 2 aromatic carbocycles. The number of phenolic OH excluding ortho intramolecular Hbond substituents is 2. The van der Waals surface area contributed by atoms with Crippen molar-refractivity contribution in [3.63, 3.8) is 0 Å². The first-order chi connectivity index (χ1) is 11.9. The van der Waals surface area contributed by atoms with E-state index < -0.39 is 5.78 Å². The lowest BCUT2D eigenvalue weighted by atomic mass is 9.86. The molecule has 1 aliphatic rings. The molecule has 0 fully saturated rings. The molecule has 25 heavy (non-hydrogen) atoms. The number of phenols is 2. The minimum absolute atomic E-state index is 0.0414. The number of aromatic hydroxyl groups is 2. The van der Waals surface area contributed by atoms with Crippen molar-refractivity contribution < 1.29 is 15.0 Å². The minimum Gasteiger partial charge on any atom is -0.507 e. The van der Waals surface area contributed by atoms with E-state index in [4.69, 9.17) is 11.6 Å².